The van der Waals surface area contributed by atoms with Gasteiger partial charge in [0.25, 0.3) is 0 Å². The zero-order valence-corrected chi connectivity index (χ0v) is 12.5. The molecule has 2 aliphatic heterocycles. The molecule has 4 rings (SSSR count). The first-order valence-electron chi connectivity index (χ1n) is 8.65. The third-order valence-corrected chi connectivity index (χ3v) is 6.74. The molecule has 2 nitrogen and oxygen atoms in total. The summed E-state index contributed by atoms with van der Waals surface area (Å²) in [5, 5.41) is 3.48. The molecule has 2 heterocycles. The Morgan fingerprint density at radius 3 is 2.21 bits per heavy atom. The van der Waals surface area contributed by atoms with Crippen LogP contribution >= 0.6 is 0 Å². The Kier molecular flexibility index (Phi) is 3.15. The molecule has 0 aromatic carbocycles. The highest BCUT2D eigenvalue weighted by Gasteiger charge is 2.42. The van der Waals surface area contributed by atoms with Crippen LogP contribution in [0.4, 0.5) is 0 Å². The molecule has 0 radical (unpaired) electrons. The van der Waals surface area contributed by atoms with Crippen LogP contribution in [0.2, 0.25) is 0 Å². The van der Waals surface area contributed by atoms with Crippen molar-refractivity contribution in [2.75, 3.05) is 32.7 Å². The predicted octanol–water partition coefficient (Wildman–Crippen LogP) is 2.74. The first-order valence-corrected chi connectivity index (χ1v) is 8.65. The molecule has 0 amide bonds. The average molecular weight is 262 g/mol. The van der Waals surface area contributed by atoms with E-state index in [1.807, 2.05) is 0 Å². The minimum absolute atomic E-state index is 0.744. The number of hydrogen-bond donors (Lipinski definition) is 1. The highest BCUT2D eigenvalue weighted by Crippen LogP contribution is 2.44. The zero-order valence-electron chi connectivity index (χ0n) is 12.5. The minimum atomic E-state index is 0.744. The van der Waals surface area contributed by atoms with Gasteiger partial charge < -0.3 is 10.2 Å². The summed E-state index contributed by atoms with van der Waals surface area (Å²) in [5.74, 6) is 4.14. The Hall–Kier alpha value is -0.0800. The summed E-state index contributed by atoms with van der Waals surface area (Å²) in [7, 11) is 0. The van der Waals surface area contributed by atoms with Crippen LogP contribution in [0.15, 0.2) is 0 Å². The van der Waals surface area contributed by atoms with Crippen LogP contribution in [-0.2, 0) is 0 Å². The quantitative estimate of drug-likeness (QED) is 0.823. The Morgan fingerprint density at radius 1 is 1.05 bits per heavy atom. The first kappa shape index (κ1) is 12.6. The summed E-state index contributed by atoms with van der Waals surface area (Å²) in [6, 6.07) is 0. The van der Waals surface area contributed by atoms with Crippen molar-refractivity contribution >= 4 is 0 Å². The maximum atomic E-state index is 3.48. The van der Waals surface area contributed by atoms with Crippen LogP contribution < -0.4 is 5.32 Å². The lowest BCUT2D eigenvalue weighted by atomic mass is 9.67. The van der Waals surface area contributed by atoms with Crippen LogP contribution in [0.3, 0.4) is 0 Å². The average Bonchev–Trinajstić information content (AvgIpc) is 2.84. The molecule has 0 aromatic rings. The van der Waals surface area contributed by atoms with Crippen molar-refractivity contribution in [2.24, 2.45) is 29.1 Å². The lowest BCUT2D eigenvalue weighted by molar-refractivity contribution is 0.0702. The van der Waals surface area contributed by atoms with E-state index < -0.39 is 0 Å². The molecular formula is C17H30N2. The van der Waals surface area contributed by atoms with E-state index in [1.165, 1.54) is 71.2 Å². The summed E-state index contributed by atoms with van der Waals surface area (Å²) >= 11 is 0. The lowest BCUT2D eigenvalue weighted by Crippen LogP contribution is -2.55. The monoisotopic (exact) mass is 262 g/mol. The van der Waals surface area contributed by atoms with E-state index in [-0.39, 0.29) is 0 Å². The smallest absolute Gasteiger partial charge is 0.00202 e. The second-order valence-corrected chi connectivity index (χ2v) is 8.36. The fraction of sp³-hybridized carbons (Fsp3) is 1.00. The van der Waals surface area contributed by atoms with Gasteiger partial charge in [-0.1, -0.05) is 6.92 Å². The molecule has 19 heavy (non-hydrogen) atoms. The number of rotatable bonds is 2. The van der Waals surface area contributed by atoms with Crippen molar-refractivity contribution in [1.29, 1.82) is 0 Å². The third-order valence-electron chi connectivity index (χ3n) is 6.74. The van der Waals surface area contributed by atoms with E-state index in [2.05, 4.69) is 17.1 Å². The highest BCUT2D eigenvalue weighted by molar-refractivity contribution is 4.97. The van der Waals surface area contributed by atoms with Crippen molar-refractivity contribution in [3.8, 4) is 0 Å². The molecule has 2 heteroatoms. The van der Waals surface area contributed by atoms with Gasteiger partial charge in [0.1, 0.15) is 0 Å². The van der Waals surface area contributed by atoms with Crippen LogP contribution in [0.5, 0.6) is 0 Å². The SMILES string of the molecule is CC1CC2CN(CC3CCC4(CC3)CNC4)CC2C1. The lowest BCUT2D eigenvalue weighted by Gasteiger charge is -2.48. The van der Waals surface area contributed by atoms with Crippen molar-refractivity contribution in [3.05, 3.63) is 0 Å². The maximum absolute atomic E-state index is 3.48. The number of hydrogen-bond acceptors (Lipinski definition) is 2. The fourth-order valence-electron chi connectivity index (χ4n) is 5.52. The Bertz CT molecular complexity index is 312. The molecule has 0 bridgehead atoms. The standard InChI is InChI=1S/C17H30N2/c1-13-6-15-9-19(10-16(15)7-13)8-14-2-4-17(5-3-14)11-18-12-17/h13-16,18H,2-12H2,1H3. The van der Waals surface area contributed by atoms with Crippen LogP contribution in [0.1, 0.15) is 45.4 Å². The van der Waals surface area contributed by atoms with E-state index in [9.17, 15) is 0 Å². The Balaban J connectivity index is 1.25. The number of nitrogens with zero attached hydrogens (tertiary/aromatic N) is 1. The summed E-state index contributed by atoms with van der Waals surface area (Å²) in [6.45, 7) is 9.36. The molecule has 108 valence electrons. The van der Waals surface area contributed by atoms with Crippen LogP contribution in [-0.4, -0.2) is 37.6 Å². The number of fused-ring (bicyclic) bond motifs is 1. The van der Waals surface area contributed by atoms with Gasteiger partial charge in [-0.05, 0) is 67.6 Å². The van der Waals surface area contributed by atoms with Crippen molar-refractivity contribution in [3.63, 3.8) is 0 Å². The van der Waals surface area contributed by atoms with Gasteiger partial charge in [-0.25, -0.2) is 0 Å². The topological polar surface area (TPSA) is 15.3 Å². The molecule has 2 aliphatic carbocycles. The van der Waals surface area contributed by atoms with E-state index >= 15 is 0 Å². The number of likely N-dealkylation sites (tertiary alicyclic amines) is 1. The molecule has 1 N–H and O–H groups in total. The largest absolute Gasteiger partial charge is 0.316 e. The molecule has 4 aliphatic rings. The summed E-state index contributed by atoms with van der Waals surface area (Å²) in [6.07, 6.45) is 9.04. The molecule has 0 aromatic heterocycles. The van der Waals surface area contributed by atoms with Gasteiger partial charge in [0, 0.05) is 32.7 Å². The summed E-state index contributed by atoms with van der Waals surface area (Å²) < 4.78 is 0. The summed E-state index contributed by atoms with van der Waals surface area (Å²) in [4.78, 5) is 2.82. The molecule has 2 atom stereocenters. The Morgan fingerprint density at radius 2 is 1.68 bits per heavy atom. The minimum Gasteiger partial charge on any atom is -0.316 e. The van der Waals surface area contributed by atoms with E-state index in [1.54, 1.807) is 0 Å². The summed E-state index contributed by atoms with van der Waals surface area (Å²) in [5.41, 5.74) is 0.744. The molecule has 2 saturated heterocycles. The Labute approximate surface area is 118 Å². The van der Waals surface area contributed by atoms with E-state index in [0.717, 1.165) is 29.1 Å². The van der Waals surface area contributed by atoms with E-state index in [0.29, 0.717) is 0 Å². The number of nitrogens with one attached hydrogen (secondary N) is 1. The van der Waals surface area contributed by atoms with Gasteiger partial charge in [0.15, 0.2) is 0 Å². The van der Waals surface area contributed by atoms with Gasteiger partial charge in [-0.2, -0.15) is 0 Å². The third kappa shape index (κ3) is 2.35. The van der Waals surface area contributed by atoms with Crippen LogP contribution in [0, 0.1) is 29.1 Å². The van der Waals surface area contributed by atoms with Crippen molar-refractivity contribution in [2.45, 2.75) is 45.4 Å². The first-order chi connectivity index (χ1) is 9.22. The van der Waals surface area contributed by atoms with E-state index in [4.69, 9.17) is 0 Å². The van der Waals surface area contributed by atoms with Crippen LogP contribution in [0.25, 0.3) is 0 Å². The second-order valence-electron chi connectivity index (χ2n) is 8.36. The molecule has 2 saturated carbocycles. The van der Waals surface area contributed by atoms with Gasteiger partial charge in [-0.3, -0.25) is 0 Å². The fourth-order valence-corrected chi connectivity index (χ4v) is 5.52. The maximum Gasteiger partial charge on any atom is 0.00202 e. The molecular weight excluding hydrogens is 232 g/mol. The van der Waals surface area contributed by atoms with Gasteiger partial charge >= 0.3 is 0 Å². The van der Waals surface area contributed by atoms with Gasteiger partial charge in [0.2, 0.25) is 0 Å². The van der Waals surface area contributed by atoms with Crippen molar-refractivity contribution in [1.82, 2.24) is 10.2 Å². The highest BCUT2D eigenvalue weighted by atomic mass is 15.2. The van der Waals surface area contributed by atoms with Crippen molar-refractivity contribution < 1.29 is 0 Å². The molecule has 2 unspecified atom stereocenters. The second kappa shape index (κ2) is 4.73. The van der Waals surface area contributed by atoms with Gasteiger partial charge in [0.05, 0.1) is 0 Å². The van der Waals surface area contributed by atoms with Gasteiger partial charge in [-0.15, -0.1) is 0 Å². The predicted molar refractivity (Wildman–Crippen MR) is 79.1 cm³/mol. The zero-order chi connectivity index (χ0) is 12.9. The normalized spacial score (nSPS) is 42.5. The molecule has 4 fully saturated rings. The molecule has 1 spiro atoms.